The van der Waals surface area contributed by atoms with Crippen LogP contribution in [0.15, 0.2) is 47.4 Å². The van der Waals surface area contributed by atoms with Crippen molar-refractivity contribution in [3.8, 4) is 11.8 Å². The molecule has 20 heavy (non-hydrogen) atoms. The summed E-state index contributed by atoms with van der Waals surface area (Å²) in [6.45, 7) is 0. The number of rotatable bonds is 3. The monoisotopic (exact) mass is 308 g/mol. The highest BCUT2D eigenvalue weighted by atomic mass is 35.5. The zero-order valence-corrected chi connectivity index (χ0v) is 11.6. The van der Waals surface area contributed by atoms with Crippen LogP contribution in [0, 0.1) is 11.3 Å². The summed E-state index contributed by atoms with van der Waals surface area (Å²) in [6, 6.07) is 11.5. The van der Waals surface area contributed by atoms with E-state index >= 15 is 0 Å². The Balaban J connectivity index is 2.43. The van der Waals surface area contributed by atoms with E-state index in [4.69, 9.17) is 16.9 Å². The largest absolute Gasteiger partial charge is 0.508 e. The van der Waals surface area contributed by atoms with Crippen molar-refractivity contribution in [3.63, 3.8) is 0 Å². The van der Waals surface area contributed by atoms with Gasteiger partial charge in [-0.15, -0.1) is 0 Å². The molecule has 7 heteroatoms. The highest BCUT2D eigenvalue weighted by molar-refractivity contribution is 7.92. The molecular formula is C13H9ClN2O3S. The molecular weight excluding hydrogens is 300 g/mol. The van der Waals surface area contributed by atoms with Crippen molar-refractivity contribution < 1.29 is 13.5 Å². The van der Waals surface area contributed by atoms with Gasteiger partial charge < -0.3 is 5.11 Å². The summed E-state index contributed by atoms with van der Waals surface area (Å²) >= 11 is 5.86. The average Bonchev–Trinajstić information content (AvgIpc) is 2.38. The van der Waals surface area contributed by atoms with E-state index in [2.05, 4.69) is 4.72 Å². The van der Waals surface area contributed by atoms with E-state index in [1.165, 1.54) is 42.5 Å². The molecule has 0 bridgehead atoms. The molecule has 0 amide bonds. The van der Waals surface area contributed by atoms with Crippen LogP contribution in [0.1, 0.15) is 5.56 Å². The van der Waals surface area contributed by atoms with Gasteiger partial charge in [0.2, 0.25) is 0 Å². The number of hydrogen-bond acceptors (Lipinski definition) is 4. The van der Waals surface area contributed by atoms with Crippen LogP contribution in [0.2, 0.25) is 5.02 Å². The fraction of sp³-hybridized carbons (Fsp3) is 0. The summed E-state index contributed by atoms with van der Waals surface area (Å²) < 4.78 is 26.7. The third-order valence-corrected chi connectivity index (χ3v) is 4.31. The SMILES string of the molecule is N#Cc1ccc(Cl)c(S(=O)(=O)Nc2cccc(O)c2)c1. The Labute approximate surface area is 121 Å². The van der Waals surface area contributed by atoms with E-state index < -0.39 is 10.0 Å². The second-order valence-corrected chi connectivity index (χ2v) is 5.97. The van der Waals surface area contributed by atoms with Crippen LogP contribution in [0.3, 0.4) is 0 Å². The van der Waals surface area contributed by atoms with Crippen LogP contribution < -0.4 is 4.72 Å². The van der Waals surface area contributed by atoms with Gasteiger partial charge in [-0.25, -0.2) is 8.42 Å². The Kier molecular flexibility index (Phi) is 3.84. The molecule has 0 aliphatic heterocycles. The molecule has 0 heterocycles. The molecule has 0 aliphatic carbocycles. The Morgan fingerprint density at radius 3 is 2.60 bits per heavy atom. The molecule has 2 aromatic rings. The molecule has 0 fully saturated rings. The standard InChI is InChI=1S/C13H9ClN2O3S/c14-12-5-4-9(8-15)6-13(12)20(18,19)16-10-2-1-3-11(17)7-10/h1-7,16-17H. The van der Waals surface area contributed by atoms with Gasteiger partial charge in [0.05, 0.1) is 22.3 Å². The first kappa shape index (κ1) is 14.2. The molecule has 0 unspecified atom stereocenters. The van der Waals surface area contributed by atoms with Gasteiger partial charge in [0.1, 0.15) is 10.6 Å². The maximum atomic E-state index is 12.2. The second kappa shape index (κ2) is 5.41. The van der Waals surface area contributed by atoms with Gasteiger partial charge in [0, 0.05) is 6.07 Å². The Bertz CT molecular complexity index is 798. The number of benzene rings is 2. The van der Waals surface area contributed by atoms with E-state index in [1.54, 1.807) is 0 Å². The summed E-state index contributed by atoms with van der Waals surface area (Å²) in [5, 5.41) is 18.1. The maximum Gasteiger partial charge on any atom is 0.263 e. The van der Waals surface area contributed by atoms with Crippen molar-refractivity contribution in [1.82, 2.24) is 0 Å². The van der Waals surface area contributed by atoms with E-state index in [0.717, 1.165) is 0 Å². The molecule has 0 atom stereocenters. The highest BCUT2D eigenvalue weighted by Crippen LogP contribution is 2.25. The van der Waals surface area contributed by atoms with Gasteiger partial charge in [0.15, 0.2) is 0 Å². The molecule has 0 aliphatic rings. The average molecular weight is 309 g/mol. The number of phenols is 1. The van der Waals surface area contributed by atoms with Crippen molar-refractivity contribution in [1.29, 1.82) is 5.26 Å². The van der Waals surface area contributed by atoms with Crippen molar-refractivity contribution in [3.05, 3.63) is 53.1 Å². The Morgan fingerprint density at radius 2 is 1.95 bits per heavy atom. The normalized spacial score (nSPS) is 10.8. The number of anilines is 1. The number of aromatic hydroxyl groups is 1. The quantitative estimate of drug-likeness (QED) is 0.912. The van der Waals surface area contributed by atoms with Gasteiger partial charge in [-0.2, -0.15) is 5.26 Å². The molecule has 5 nitrogen and oxygen atoms in total. The van der Waals surface area contributed by atoms with Crippen molar-refractivity contribution in [2.45, 2.75) is 4.90 Å². The van der Waals surface area contributed by atoms with Gasteiger partial charge >= 0.3 is 0 Å². The molecule has 2 N–H and O–H groups in total. The molecule has 2 aromatic carbocycles. The van der Waals surface area contributed by atoms with Crippen LogP contribution in [-0.4, -0.2) is 13.5 Å². The van der Waals surface area contributed by atoms with Crippen molar-refractivity contribution >= 4 is 27.3 Å². The van der Waals surface area contributed by atoms with Crippen LogP contribution >= 0.6 is 11.6 Å². The third-order valence-electron chi connectivity index (χ3n) is 2.45. The summed E-state index contributed by atoms with van der Waals surface area (Å²) in [4.78, 5) is -0.193. The van der Waals surface area contributed by atoms with Crippen LogP contribution in [0.25, 0.3) is 0 Å². The molecule has 0 saturated heterocycles. The van der Waals surface area contributed by atoms with Crippen LogP contribution in [-0.2, 0) is 10.0 Å². The van der Waals surface area contributed by atoms with Gasteiger partial charge in [-0.05, 0) is 30.3 Å². The number of nitriles is 1. The molecule has 0 radical (unpaired) electrons. The lowest BCUT2D eigenvalue weighted by atomic mass is 10.2. The van der Waals surface area contributed by atoms with Crippen molar-refractivity contribution in [2.24, 2.45) is 0 Å². The number of nitrogens with zero attached hydrogens (tertiary/aromatic N) is 1. The van der Waals surface area contributed by atoms with E-state index in [0.29, 0.717) is 0 Å². The maximum absolute atomic E-state index is 12.2. The smallest absolute Gasteiger partial charge is 0.263 e. The first-order chi connectivity index (χ1) is 9.42. The number of sulfonamides is 1. The lowest BCUT2D eigenvalue weighted by Crippen LogP contribution is -2.13. The number of hydrogen-bond donors (Lipinski definition) is 2. The van der Waals surface area contributed by atoms with E-state index in [1.807, 2.05) is 6.07 Å². The third kappa shape index (κ3) is 3.02. The summed E-state index contributed by atoms with van der Waals surface area (Å²) in [7, 11) is -3.94. The zero-order chi connectivity index (χ0) is 14.8. The minimum absolute atomic E-state index is 0.0108. The topological polar surface area (TPSA) is 90.2 Å². The number of phenolic OH excluding ortho intramolecular Hbond substituents is 1. The molecule has 0 saturated carbocycles. The predicted octanol–water partition coefficient (Wildman–Crippen LogP) is 2.72. The lowest BCUT2D eigenvalue weighted by molar-refractivity contribution is 0.475. The van der Waals surface area contributed by atoms with Gasteiger partial charge in [0.25, 0.3) is 10.0 Å². The minimum Gasteiger partial charge on any atom is -0.508 e. The number of halogens is 1. The number of nitrogens with one attached hydrogen (secondary N) is 1. The molecule has 0 spiro atoms. The van der Waals surface area contributed by atoms with Crippen molar-refractivity contribution in [2.75, 3.05) is 4.72 Å². The van der Waals surface area contributed by atoms with Gasteiger partial charge in [-0.3, -0.25) is 4.72 Å². The summed E-state index contributed by atoms with van der Waals surface area (Å²) in [6.07, 6.45) is 0. The second-order valence-electron chi connectivity index (χ2n) is 3.91. The zero-order valence-electron chi connectivity index (χ0n) is 10.0. The van der Waals surface area contributed by atoms with Gasteiger partial charge in [-0.1, -0.05) is 17.7 Å². The van der Waals surface area contributed by atoms with E-state index in [9.17, 15) is 13.5 Å². The molecule has 0 aromatic heterocycles. The Morgan fingerprint density at radius 1 is 1.20 bits per heavy atom. The fourth-order valence-electron chi connectivity index (χ4n) is 1.56. The first-order valence-corrected chi connectivity index (χ1v) is 7.30. The molecule has 2 rings (SSSR count). The van der Waals surface area contributed by atoms with Crippen LogP contribution in [0.5, 0.6) is 5.75 Å². The lowest BCUT2D eigenvalue weighted by Gasteiger charge is -2.10. The summed E-state index contributed by atoms with van der Waals surface area (Å²) in [5.74, 6) is -0.0675. The first-order valence-electron chi connectivity index (χ1n) is 5.44. The predicted molar refractivity (Wildman–Crippen MR) is 75.1 cm³/mol. The van der Waals surface area contributed by atoms with E-state index in [-0.39, 0.29) is 26.9 Å². The highest BCUT2D eigenvalue weighted by Gasteiger charge is 2.19. The fourth-order valence-corrected chi connectivity index (χ4v) is 3.13. The van der Waals surface area contributed by atoms with Crippen LogP contribution in [0.4, 0.5) is 5.69 Å². The minimum atomic E-state index is -3.94. The molecule has 102 valence electrons. The Hall–Kier alpha value is -2.23. The summed E-state index contributed by atoms with van der Waals surface area (Å²) in [5.41, 5.74) is 0.383.